The molecule has 0 aliphatic carbocycles. The van der Waals surface area contributed by atoms with E-state index in [2.05, 4.69) is 5.32 Å². The van der Waals surface area contributed by atoms with Crippen molar-refractivity contribution >= 4 is 27.5 Å². The quantitative estimate of drug-likeness (QED) is 0.312. The number of rotatable bonds is 12. The van der Waals surface area contributed by atoms with E-state index in [-0.39, 0.29) is 31.3 Å². The minimum absolute atomic E-state index is 0.0950. The van der Waals surface area contributed by atoms with Gasteiger partial charge in [0.2, 0.25) is 21.8 Å². The monoisotopic (exact) mass is 577 g/mol. The molecule has 0 fully saturated rings. The Balaban J connectivity index is 1.88. The summed E-state index contributed by atoms with van der Waals surface area (Å²) in [7, 11) is -3.56. The normalized spacial score (nSPS) is 12.4. The molecule has 0 spiro atoms. The number of amides is 2. The zero-order valence-corrected chi connectivity index (χ0v) is 25.9. The highest BCUT2D eigenvalue weighted by Gasteiger charge is 2.32. The number of nitrogens with zero attached hydrogens (tertiary/aromatic N) is 2. The Morgan fingerprint density at radius 2 is 1.44 bits per heavy atom. The van der Waals surface area contributed by atoms with Crippen molar-refractivity contribution in [2.45, 2.75) is 72.0 Å². The molecule has 3 aromatic carbocycles. The van der Waals surface area contributed by atoms with Crippen molar-refractivity contribution in [3.05, 3.63) is 101 Å². The van der Waals surface area contributed by atoms with Crippen LogP contribution in [0.1, 0.15) is 55.9 Å². The van der Waals surface area contributed by atoms with Crippen LogP contribution in [-0.2, 0) is 32.6 Å². The third-order valence-electron chi connectivity index (χ3n) is 6.90. The van der Waals surface area contributed by atoms with Gasteiger partial charge in [-0.05, 0) is 75.4 Å². The van der Waals surface area contributed by atoms with E-state index in [1.54, 1.807) is 11.0 Å². The van der Waals surface area contributed by atoms with Gasteiger partial charge in [0.25, 0.3) is 0 Å². The van der Waals surface area contributed by atoms with Gasteiger partial charge in [-0.15, -0.1) is 0 Å². The van der Waals surface area contributed by atoms with E-state index in [1.165, 1.54) is 10.6 Å². The van der Waals surface area contributed by atoms with Crippen LogP contribution in [-0.4, -0.2) is 49.5 Å². The van der Waals surface area contributed by atoms with Crippen LogP contribution in [0.25, 0.3) is 0 Å². The number of aryl methyl sites for hydroxylation is 2. The van der Waals surface area contributed by atoms with Crippen molar-refractivity contribution in [1.29, 1.82) is 0 Å². The van der Waals surface area contributed by atoms with Gasteiger partial charge in [0.1, 0.15) is 6.04 Å². The van der Waals surface area contributed by atoms with Crippen molar-refractivity contribution in [3.63, 3.8) is 0 Å². The van der Waals surface area contributed by atoms with Crippen LogP contribution < -0.4 is 9.62 Å². The van der Waals surface area contributed by atoms with Crippen molar-refractivity contribution in [3.8, 4) is 0 Å². The Morgan fingerprint density at radius 3 is 1.98 bits per heavy atom. The fourth-order valence-corrected chi connectivity index (χ4v) is 5.63. The number of anilines is 1. The molecule has 0 saturated carbocycles. The Labute approximate surface area is 245 Å². The van der Waals surface area contributed by atoms with E-state index in [0.717, 1.165) is 22.3 Å². The van der Waals surface area contributed by atoms with Crippen LogP contribution in [0.5, 0.6) is 0 Å². The first-order valence-corrected chi connectivity index (χ1v) is 15.8. The maximum Gasteiger partial charge on any atom is 0.243 e. The topological polar surface area (TPSA) is 86.8 Å². The summed E-state index contributed by atoms with van der Waals surface area (Å²) in [6.07, 6.45) is 1.94. The second kappa shape index (κ2) is 13.8. The first kappa shape index (κ1) is 31.9. The summed E-state index contributed by atoms with van der Waals surface area (Å²) in [5, 5.41) is 3.07. The van der Waals surface area contributed by atoms with Crippen LogP contribution in [0, 0.1) is 13.8 Å². The van der Waals surface area contributed by atoms with Gasteiger partial charge in [0, 0.05) is 31.5 Å². The molecule has 0 heterocycles. The van der Waals surface area contributed by atoms with Gasteiger partial charge in [-0.2, -0.15) is 0 Å². The third-order valence-corrected chi connectivity index (χ3v) is 8.09. The molecule has 0 aliphatic rings. The highest BCUT2D eigenvalue weighted by Crippen LogP contribution is 2.23. The summed E-state index contributed by atoms with van der Waals surface area (Å²) >= 11 is 0. The predicted octanol–water partition coefficient (Wildman–Crippen LogP) is 5.40. The first-order chi connectivity index (χ1) is 19.2. The van der Waals surface area contributed by atoms with Crippen molar-refractivity contribution in [2.24, 2.45) is 0 Å². The summed E-state index contributed by atoms with van der Waals surface area (Å²) in [5.41, 5.74) is 4.04. The first-order valence-electron chi connectivity index (χ1n) is 14.0. The molecule has 0 saturated heterocycles. The zero-order valence-electron chi connectivity index (χ0n) is 25.1. The molecule has 1 N–H and O–H groups in total. The molecule has 0 unspecified atom stereocenters. The van der Waals surface area contributed by atoms with Crippen LogP contribution in [0.4, 0.5) is 5.69 Å². The molecule has 8 heteroatoms. The fourth-order valence-electron chi connectivity index (χ4n) is 4.67. The fraction of sp³-hybridized carbons (Fsp3) is 0.394. The molecule has 3 aromatic rings. The molecule has 0 aliphatic heterocycles. The summed E-state index contributed by atoms with van der Waals surface area (Å²) in [6.45, 7) is 10.1. The van der Waals surface area contributed by atoms with Crippen LogP contribution in [0.15, 0.2) is 78.9 Å². The summed E-state index contributed by atoms with van der Waals surface area (Å²) in [4.78, 5) is 29.2. The number of benzene rings is 3. The molecule has 7 nitrogen and oxygen atoms in total. The number of hydrogen-bond acceptors (Lipinski definition) is 4. The lowest BCUT2D eigenvalue weighted by molar-refractivity contribution is -0.142. The average molecular weight is 578 g/mol. The second-order valence-corrected chi connectivity index (χ2v) is 13.6. The van der Waals surface area contributed by atoms with E-state index in [9.17, 15) is 18.0 Å². The Hall–Kier alpha value is -3.65. The number of carbonyl (C=O) groups excluding carboxylic acids is 2. The minimum Gasteiger partial charge on any atom is -0.350 e. The molecule has 0 aromatic heterocycles. The van der Waals surface area contributed by atoms with Gasteiger partial charge in [0.05, 0.1) is 11.9 Å². The van der Waals surface area contributed by atoms with E-state index in [4.69, 9.17) is 0 Å². The standard InChI is InChI=1S/C33H43N3O4S/c1-25-19-20-29(22-26(25)2)36(41(6,39)40)21-13-18-31(37)35(24-28-16-11-8-12-17-28)30(32(38)34-33(3,4)5)23-27-14-9-7-10-15-27/h7-12,14-17,19-20,22,30H,13,18,21,23-24H2,1-6H3,(H,34,38)/t30-/m0/s1. The highest BCUT2D eigenvalue weighted by atomic mass is 32.2. The van der Waals surface area contributed by atoms with Gasteiger partial charge in [-0.25, -0.2) is 8.42 Å². The van der Waals surface area contributed by atoms with E-state index >= 15 is 0 Å². The van der Waals surface area contributed by atoms with Gasteiger partial charge >= 0.3 is 0 Å². The molecule has 220 valence electrons. The van der Waals surface area contributed by atoms with Gasteiger partial charge in [0.15, 0.2) is 0 Å². The molecular formula is C33H43N3O4S. The molecule has 41 heavy (non-hydrogen) atoms. The lowest BCUT2D eigenvalue weighted by Crippen LogP contribution is -2.54. The van der Waals surface area contributed by atoms with E-state index in [1.807, 2.05) is 107 Å². The third kappa shape index (κ3) is 9.74. The van der Waals surface area contributed by atoms with Gasteiger partial charge < -0.3 is 10.2 Å². The SMILES string of the molecule is Cc1ccc(N(CCCC(=O)N(Cc2ccccc2)[C@@H](Cc2ccccc2)C(=O)NC(C)(C)C)S(C)(=O)=O)cc1C. The highest BCUT2D eigenvalue weighted by molar-refractivity contribution is 7.92. The maximum atomic E-state index is 13.9. The number of sulfonamides is 1. The molecule has 0 radical (unpaired) electrons. The lowest BCUT2D eigenvalue weighted by Gasteiger charge is -2.34. The molecule has 0 bridgehead atoms. The molecule has 3 rings (SSSR count). The van der Waals surface area contributed by atoms with Crippen LogP contribution >= 0.6 is 0 Å². The van der Waals surface area contributed by atoms with Crippen LogP contribution in [0.3, 0.4) is 0 Å². The Bertz CT molecular complexity index is 1420. The minimum atomic E-state index is -3.56. The average Bonchev–Trinajstić information content (AvgIpc) is 2.89. The van der Waals surface area contributed by atoms with Crippen LogP contribution in [0.2, 0.25) is 0 Å². The summed E-state index contributed by atoms with van der Waals surface area (Å²) < 4.78 is 26.7. The smallest absolute Gasteiger partial charge is 0.243 e. The van der Waals surface area contributed by atoms with Crippen molar-refractivity contribution in [2.75, 3.05) is 17.1 Å². The Morgan fingerprint density at radius 1 is 0.854 bits per heavy atom. The van der Waals surface area contributed by atoms with Crippen molar-refractivity contribution < 1.29 is 18.0 Å². The van der Waals surface area contributed by atoms with E-state index < -0.39 is 21.6 Å². The largest absolute Gasteiger partial charge is 0.350 e. The molecule has 1 atom stereocenters. The summed E-state index contributed by atoms with van der Waals surface area (Å²) in [6, 6.07) is 24.1. The Kier molecular flexibility index (Phi) is 10.7. The lowest BCUT2D eigenvalue weighted by atomic mass is 10.00. The molecular weight excluding hydrogens is 534 g/mol. The number of hydrogen-bond donors (Lipinski definition) is 1. The number of carbonyl (C=O) groups is 2. The zero-order chi connectivity index (χ0) is 30.2. The number of nitrogens with one attached hydrogen (secondary N) is 1. The maximum absolute atomic E-state index is 13.9. The van der Waals surface area contributed by atoms with Gasteiger partial charge in [-0.1, -0.05) is 66.7 Å². The van der Waals surface area contributed by atoms with Crippen molar-refractivity contribution in [1.82, 2.24) is 10.2 Å². The predicted molar refractivity (Wildman–Crippen MR) is 166 cm³/mol. The second-order valence-electron chi connectivity index (χ2n) is 11.7. The molecule has 2 amide bonds. The van der Waals surface area contributed by atoms with Gasteiger partial charge in [-0.3, -0.25) is 13.9 Å². The van der Waals surface area contributed by atoms with E-state index in [0.29, 0.717) is 18.5 Å². The summed E-state index contributed by atoms with van der Waals surface area (Å²) in [5.74, 6) is -0.425.